The van der Waals surface area contributed by atoms with Crippen LogP contribution in [0.1, 0.15) is 31.3 Å². The van der Waals surface area contributed by atoms with Gasteiger partial charge in [-0.3, -0.25) is 0 Å². The van der Waals surface area contributed by atoms with Gasteiger partial charge in [0, 0.05) is 5.69 Å². The van der Waals surface area contributed by atoms with Crippen molar-refractivity contribution in [3.05, 3.63) is 20.6 Å². The van der Waals surface area contributed by atoms with E-state index in [1.807, 2.05) is 14.1 Å². The maximum atomic E-state index is 5.20. The van der Waals surface area contributed by atoms with E-state index in [-0.39, 0.29) is 0 Å². The zero-order valence-electron chi connectivity index (χ0n) is 9.47. The van der Waals surface area contributed by atoms with E-state index < -0.39 is 0 Å². The number of H-pyrrole nitrogens is 1. The summed E-state index contributed by atoms with van der Waals surface area (Å²) < 4.78 is 1.55. The van der Waals surface area contributed by atoms with Gasteiger partial charge in [0.1, 0.15) is 10.5 Å². The van der Waals surface area contributed by atoms with Gasteiger partial charge >= 0.3 is 0 Å². The van der Waals surface area contributed by atoms with Gasteiger partial charge in [-0.15, -0.1) is 0 Å². The number of hydrogen-bond acceptors (Lipinski definition) is 3. The van der Waals surface area contributed by atoms with E-state index in [1.165, 1.54) is 0 Å². The molecule has 15 heavy (non-hydrogen) atoms. The highest BCUT2D eigenvalue weighted by atomic mass is 79.9. The molecule has 0 spiro atoms. The number of nitrogens with one attached hydrogen (secondary N) is 1. The Kier molecular flexibility index (Phi) is 4.43. The average molecular weight is 290 g/mol. The van der Waals surface area contributed by atoms with Crippen molar-refractivity contribution in [1.29, 1.82) is 0 Å². The molecule has 1 N–H and O–H groups in total. The van der Waals surface area contributed by atoms with Crippen molar-refractivity contribution in [3.8, 4) is 0 Å². The molecule has 3 nitrogen and oxygen atoms in total. The van der Waals surface area contributed by atoms with Crippen molar-refractivity contribution in [2.45, 2.75) is 26.3 Å². The smallest absolute Gasteiger partial charge is 0.144 e. The fraction of sp³-hybridized carbons (Fsp3) is 0.600. The monoisotopic (exact) mass is 289 g/mol. The van der Waals surface area contributed by atoms with Crippen molar-refractivity contribution in [2.24, 2.45) is 0 Å². The van der Waals surface area contributed by atoms with E-state index in [1.54, 1.807) is 0 Å². The van der Waals surface area contributed by atoms with Gasteiger partial charge < -0.3 is 9.88 Å². The summed E-state index contributed by atoms with van der Waals surface area (Å²) >= 11 is 8.67. The summed E-state index contributed by atoms with van der Waals surface area (Å²) in [6.07, 6.45) is 0. The Bertz CT molecular complexity index is 398. The quantitative estimate of drug-likeness (QED) is 0.868. The maximum absolute atomic E-state index is 5.20. The van der Waals surface area contributed by atoms with Crippen LogP contribution in [0, 0.1) is 4.64 Å². The van der Waals surface area contributed by atoms with E-state index in [2.05, 4.69) is 44.6 Å². The van der Waals surface area contributed by atoms with Gasteiger partial charge in [-0.2, -0.15) is 0 Å². The van der Waals surface area contributed by atoms with Crippen LogP contribution in [-0.2, 0) is 6.54 Å². The van der Waals surface area contributed by atoms with E-state index in [4.69, 9.17) is 12.2 Å². The summed E-state index contributed by atoms with van der Waals surface area (Å²) in [4.78, 5) is 9.71. The van der Waals surface area contributed by atoms with Gasteiger partial charge in [-0.25, -0.2) is 4.98 Å². The third kappa shape index (κ3) is 3.36. The van der Waals surface area contributed by atoms with Gasteiger partial charge in [-0.1, -0.05) is 26.1 Å². The van der Waals surface area contributed by atoms with Crippen LogP contribution in [0.4, 0.5) is 0 Å². The zero-order chi connectivity index (χ0) is 11.6. The van der Waals surface area contributed by atoms with Crippen LogP contribution in [0.5, 0.6) is 0 Å². The molecule has 0 bridgehead atoms. The van der Waals surface area contributed by atoms with Crippen LogP contribution >= 0.6 is 28.1 Å². The third-order valence-corrected chi connectivity index (χ3v) is 3.34. The summed E-state index contributed by atoms with van der Waals surface area (Å²) in [5, 5.41) is 0. The Hall–Kier alpha value is -0.260. The van der Waals surface area contributed by atoms with Crippen molar-refractivity contribution in [2.75, 3.05) is 14.1 Å². The lowest BCUT2D eigenvalue weighted by molar-refractivity contribution is 0.389. The molecule has 0 aromatic carbocycles. The minimum absolute atomic E-state index is 0.407. The van der Waals surface area contributed by atoms with E-state index in [0.717, 1.165) is 22.5 Å². The molecule has 0 radical (unpaired) electrons. The van der Waals surface area contributed by atoms with E-state index >= 15 is 0 Å². The molecular formula is C10H16BrN3S. The van der Waals surface area contributed by atoms with Crippen molar-refractivity contribution in [3.63, 3.8) is 0 Å². The predicted molar refractivity (Wildman–Crippen MR) is 68.6 cm³/mol. The first-order valence-corrected chi connectivity index (χ1v) is 6.05. The van der Waals surface area contributed by atoms with E-state index in [0.29, 0.717) is 10.6 Å². The van der Waals surface area contributed by atoms with Crippen LogP contribution in [0.2, 0.25) is 0 Å². The molecule has 0 fully saturated rings. The Labute approximate surface area is 104 Å². The molecule has 0 aliphatic heterocycles. The second-order valence-corrected chi connectivity index (χ2v) is 5.29. The molecule has 0 aliphatic rings. The molecule has 0 atom stereocenters. The highest BCUT2D eigenvalue weighted by Crippen LogP contribution is 2.23. The van der Waals surface area contributed by atoms with Gasteiger partial charge in [-0.05, 0) is 35.9 Å². The fourth-order valence-electron chi connectivity index (χ4n) is 1.30. The highest BCUT2D eigenvalue weighted by molar-refractivity contribution is 9.10. The number of nitrogens with zero attached hydrogens (tertiary/aromatic N) is 2. The van der Waals surface area contributed by atoms with Gasteiger partial charge in [0.15, 0.2) is 0 Å². The van der Waals surface area contributed by atoms with Crippen LogP contribution in [0.15, 0.2) is 4.47 Å². The lowest BCUT2D eigenvalue weighted by Gasteiger charge is -2.13. The molecule has 0 aliphatic carbocycles. The minimum Gasteiger partial charge on any atom is -0.345 e. The topological polar surface area (TPSA) is 31.9 Å². The highest BCUT2D eigenvalue weighted by Gasteiger charge is 2.09. The first-order valence-electron chi connectivity index (χ1n) is 4.85. The lowest BCUT2D eigenvalue weighted by Crippen LogP contribution is -2.15. The maximum Gasteiger partial charge on any atom is 0.144 e. The second-order valence-electron chi connectivity index (χ2n) is 4.11. The normalized spacial score (nSPS) is 11.4. The van der Waals surface area contributed by atoms with Crippen molar-refractivity contribution in [1.82, 2.24) is 14.9 Å². The fourth-order valence-corrected chi connectivity index (χ4v) is 2.16. The molecule has 1 aromatic heterocycles. The molecule has 0 unspecified atom stereocenters. The first kappa shape index (κ1) is 12.8. The molecule has 1 aromatic rings. The Morgan fingerprint density at radius 3 is 2.53 bits per heavy atom. The number of rotatable bonds is 3. The molecule has 5 heteroatoms. The molecule has 84 valence electrons. The summed E-state index contributed by atoms with van der Waals surface area (Å²) in [6, 6.07) is 0. The summed E-state index contributed by atoms with van der Waals surface area (Å²) in [7, 11) is 4.02. The lowest BCUT2D eigenvalue weighted by atomic mass is 10.1. The summed E-state index contributed by atoms with van der Waals surface area (Å²) in [5.41, 5.74) is 1.12. The number of aromatic amines is 1. The molecular weight excluding hydrogens is 274 g/mol. The number of aromatic nitrogens is 2. The Morgan fingerprint density at radius 2 is 2.07 bits per heavy atom. The van der Waals surface area contributed by atoms with E-state index in [9.17, 15) is 0 Å². The standard InChI is InChI=1S/C10H16BrN3S/c1-6(2)9-8(11)10(15)13-7(12-9)5-14(3)4/h6H,5H2,1-4H3,(H,12,13,15). The molecule has 0 amide bonds. The van der Waals surface area contributed by atoms with Gasteiger partial charge in [0.2, 0.25) is 0 Å². The second kappa shape index (κ2) is 5.18. The third-order valence-electron chi connectivity index (χ3n) is 1.98. The SMILES string of the molecule is CC(C)c1[nH]c(CN(C)C)nc(=S)c1Br. The van der Waals surface area contributed by atoms with Crippen LogP contribution in [-0.4, -0.2) is 29.0 Å². The summed E-state index contributed by atoms with van der Waals surface area (Å²) in [5.74, 6) is 1.32. The molecule has 1 rings (SSSR count). The number of halogens is 1. The Morgan fingerprint density at radius 1 is 1.47 bits per heavy atom. The van der Waals surface area contributed by atoms with Gasteiger partial charge in [0.25, 0.3) is 0 Å². The van der Waals surface area contributed by atoms with Crippen molar-refractivity contribution >= 4 is 28.1 Å². The van der Waals surface area contributed by atoms with Crippen LogP contribution < -0.4 is 0 Å². The van der Waals surface area contributed by atoms with Gasteiger partial charge in [0.05, 0.1) is 11.0 Å². The molecule has 0 saturated carbocycles. The number of hydrogen-bond donors (Lipinski definition) is 1. The van der Waals surface area contributed by atoms with Crippen LogP contribution in [0.25, 0.3) is 0 Å². The van der Waals surface area contributed by atoms with Crippen molar-refractivity contribution < 1.29 is 0 Å². The average Bonchev–Trinajstić information content (AvgIpc) is 2.09. The molecule has 0 saturated heterocycles. The Balaban J connectivity index is 3.18. The first-order chi connectivity index (χ1) is 6.91. The summed E-state index contributed by atoms with van der Waals surface area (Å²) in [6.45, 7) is 5.03. The predicted octanol–water partition coefficient (Wildman–Crippen LogP) is 3.09. The largest absolute Gasteiger partial charge is 0.345 e. The van der Waals surface area contributed by atoms with Crippen LogP contribution in [0.3, 0.4) is 0 Å². The minimum atomic E-state index is 0.407. The zero-order valence-corrected chi connectivity index (χ0v) is 11.9. The molecule has 1 heterocycles.